The molecule has 0 N–H and O–H groups in total. The van der Waals surface area contributed by atoms with Gasteiger partial charge in [-0.05, 0) is 12.1 Å². The number of rotatable bonds is 4. The Hall–Kier alpha value is -0.970. The summed E-state index contributed by atoms with van der Waals surface area (Å²) in [4.78, 5) is 3.67. The Morgan fingerprint density at radius 1 is 1.62 bits per heavy atom. The van der Waals surface area contributed by atoms with Crippen molar-refractivity contribution in [2.45, 2.75) is 4.90 Å². The Balaban J connectivity index is 3.23. The molecule has 0 spiro atoms. The van der Waals surface area contributed by atoms with Crippen LogP contribution in [0.1, 0.15) is 5.69 Å². The lowest BCUT2D eigenvalue weighted by Gasteiger charge is -2.15. The largest absolute Gasteiger partial charge is 0.245 e. The fraction of sp³-hybridized carbons (Fsp3) is 0.333. The molecular formula is C9H10BrN3O2S. The molecule has 16 heavy (non-hydrogen) atoms. The highest BCUT2D eigenvalue weighted by Gasteiger charge is 2.23. The zero-order valence-electron chi connectivity index (χ0n) is 8.59. The van der Waals surface area contributed by atoms with Gasteiger partial charge in [0.15, 0.2) is 5.69 Å². The number of hydrogen-bond donors (Lipinski definition) is 0. The highest BCUT2D eigenvalue weighted by Crippen LogP contribution is 2.16. The van der Waals surface area contributed by atoms with Crippen LogP contribution in [0.15, 0.2) is 23.2 Å². The number of pyridine rings is 1. The molecule has 7 heteroatoms. The number of nitrogens with zero attached hydrogens (tertiary/aromatic N) is 3. The highest BCUT2D eigenvalue weighted by atomic mass is 79.9. The summed E-state index contributed by atoms with van der Waals surface area (Å²) >= 11 is 3.16. The van der Waals surface area contributed by atoms with E-state index >= 15 is 0 Å². The topological polar surface area (TPSA) is 74.1 Å². The first-order valence-corrected chi connectivity index (χ1v) is 6.97. The summed E-state index contributed by atoms with van der Waals surface area (Å²) in [6, 6.07) is 4.65. The first-order valence-electron chi connectivity index (χ1n) is 4.41. The third kappa shape index (κ3) is 2.58. The van der Waals surface area contributed by atoms with Gasteiger partial charge in [-0.15, -0.1) is 0 Å². The average molecular weight is 304 g/mol. The molecule has 1 aromatic rings. The number of hydrogen-bond acceptors (Lipinski definition) is 4. The van der Waals surface area contributed by atoms with Crippen LogP contribution in [0.2, 0.25) is 0 Å². The predicted molar refractivity (Wildman–Crippen MR) is 62.6 cm³/mol. The molecule has 0 unspecified atom stereocenters. The first-order chi connectivity index (χ1) is 7.54. The van der Waals surface area contributed by atoms with E-state index in [0.717, 1.165) is 0 Å². The Labute approximate surface area is 103 Å². The fourth-order valence-electron chi connectivity index (χ4n) is 1.09. The van der Waals surface area contributed by atoms with Crippen LogP contribution in [0.5, 0.6) is 0 Å². The van der Waals surface area contributed by atoms with E-state index in [9.17, 15) is 8.42 Å². The molecule has 0 atom stereocenters. The van der Waals surface area contributed by atoms with Gasteiger partial charge < -0.3 is 0 Å². The van der Waals surface area contributed by atoms with Crippen LogP contribution in [-0.2, 0) is 10.0 Å². The van der Waals surface area contributed by atoms with Gasteiger partial charge in [-0.25, -0.2) is 17.7 Å². The summed E-state index contributed by atoms with van der Waals surface area (Å²) in [5, 5.41) is 9.32. The Bertz CT molecular complexity index is 510. The molecule has 0 aliphatic carbocycles. The van der Waals surface area contributed by atoms with Crippen molar-refractivity contribution in [2.75, 3.05) is 18.9 Å². The monoisotopic (exact) mass is 303 g/mol. The van der Waals surface area contributed by atoms with Gasteiger partial charge in [0.05, 0.1) is 0 Å². The average Bonchev–Trinajstić information content (AvgIpc) is 2.29. The lowest BCUT2D eigenvalue weighted by atomic mass is 10.4. The van der Waals surface area contributed by atoms with Gasteiger partial charge in [0.2, 0.25) is 10.0 Å². The molecule has 0 aliphatic rings. The van der Waals surface area contributed by atoms with E-state index in [-0.39, 0.29) is 10.6 Å². The summed E-state index contributed by atoms with van der Waals surface area (Å²) < 4.78 is 25.2. The maximum absolute atomic E-state index is 12.0. The van der Waals surface area contributed by atoms with Crippen molar-refractivity contribution in [1.29, 1.82) is 5.26 Å². The summed E-state index contributed by atoms with van der Waals surface area (Å²) in [5.74, 6) is 0. The first kappa shape index (κ1) is 13.1. The van der Waals surface area contributed by atoms with Gasteiger partial charge in [-0.1, -0.05) is 15.9 Å². The maximum Gasteiger partial charge on any atom is 0.245 e. The molecule has 1 aromatic heterocycles. The Morgan fingerprint density at radius 3 is 2.88 bits per heavy atom. The second kappa shape index (κ2) is 5.39. The van der Waals surface area contributed by atoms with Crippen LogP contribution in [0.25, 0.3) is 0 Å². The van der Waals surface area contributed by atoms with Crippen LogP contribution in [0, 0.1) is 11.3 Å². The van der Waals surface area contributed by atoms with Crippen molar-refractivity contribution in [1.82, 2.24) is 9.29 Å². The summed E-state index contributed by atoms with van der Waals surface area (Å²) in [5.41, 5.74) is -0.0797. The van der Waals surface area contributed by atoms with E-state index < -0.39 is 10.0 Å². The van der Waals surface area contributed by atoms with Crippen molar-refractivity contribution in [3.8, 4) is 6.07 Å². The van der Waals surface area contributed by atoms with Crippen LogP contribution in [0.4, 0.5) is 0 Å². The van der Waals surface area contributed by atoms with Crippen LogP contribution < -0.4 is 0 Å². The lowest BCUT2D eigenvalue weighted by Crippen LogP contribution is -2.29. The van der Waals surface area contributed by atoms with Gasteiger partial charge in [0, 0.05) is 25.1 Å². The van der Waals surface area contributed by atoms with Crippen molar-refractivity contribution in [3.05, 3.63) is 24.0 Å². The van der Waals surface area contributed by atoms with Gasteiger partial charge >= 0.3 is 0 Å². The molecule has 0 fully saturated rings. The van der Waals surface area contributed by atoms with Crippen molar-refractivity contribution < 1.29 is 8.42 Å². The third-order valence-corrected chi connectivity index (χ3v) is 4.21. The van der Waals surface area contributed by atoms with Gasteiger partial charge in [0.25, 0.3) is 0 Å². The maximum atomic E-state index is 12.0. The van der Waals surface area contributed by atoms with Crippen molar-refractivity contribution in [3.63, 3.8) is 0 Å². The minimum Gasteiger partial charge on any atom is -0.244 e. The predicted octanol–water partition coefficient (Wildman–Crippen LogP) is 0.969. The van der Waals surface area contributed by atoms with E-state index in [1.165, 1.54) is 29.7 Å². The van der Waals surface area contributed by atoms with Gasteiger partial charge in [-0.2, -0.15) is 5.26 Å². The lowest BCUT2D eigenvalue weighted by molar-refractivity contribution is 0.488. The summed E-state index contributed by atoms with van der Waals surface area (Å²) in [7, 11) is -2.16. The van der Waals surface area contributed by atoms with E-state index in [4.69, 9.17) is 5.26 Å². The van der Waals surface area contributed by atoms with Crippen molar-refractivity contribution >= 4 is 26.0 Å². The SMILES string of the molecule is CN(CCBr)S(=O)(=O)c1cccnc1C#N. The quantitative estimate of drug-likeness (QED) is 0.777. The van der Waals surface area contributed by atoms with E-state index in [1.807, 2.05) is 0 Å². The molecule has 0 aliphatic heterocycles. The second-order valence-electron chi connectivity index (χ2n) is 2.98. The molecule has 0 aromatic carbocycles. The molecular weight excluding hydrogens is 294 g/mol. The second-order valence-corrected chi connectivity index (χ2v) is 5.78. The standard InChI is InChI=1S/C9H10BrN3O2S/c1-13(6-4-10)16(14,15)9-3-2-5-12-8(9)7-11/h2-3,5H,4,6H2,1H3. The normalized spacial score (nSPS) is 11.4. The van der Waals surface area contributed by atoms with Crippen LogP contribution in [-0.4, -0.2) is 36.6 Å². The molecule has 0 amide bonds. The molecule has 5 nitrogen and oxygen atoms in total. The number of halogens is 1. The molecule has 0 bridgehead atoms. The Morgan fingerprint density at radius 2 is 2.31 bits per heavy atom. The zero-order chi connectivity index (χ0) is 12.2. The van der Waals surface area contributed by atoms with Gasteiger partial charge in [0.1, 0.15) is 11.0 Å². The minimum atomic E-state index is -3.63. The fourth-order valence-corrected chi connectivity index (χ4v) is 3.12. The molecule has 1 heterocycles. The van der Waals surface area contributed by atoms with E-state index in [1.54, 1.807) is 6.07 Å². The molecule has 86 valence electrons. The molecule has 0 saturated carbocycles. The number of aromatic nitrogens is 1. The third-order valence-electron chi connectivity index (χ3n) is 1.96. The highest BCUT2D eigenvalue weighted by molar-refractivity contribution is 9.09. The Kier molecular flexibility index (Phi) is 4.41. The van der Waals surface area contributed by atoms with Gasteiger partial charge in [-0.3, -0.25) is 0 Å². The number of sulfonamides is 1. The minimum absolute atomic E-state index is 0.0547. The number of nitriles is 1. The van der Waals surface area contributed by atoms with Crippen LogP contribution in [0.3, 0.4) is 0 Å². The molecule has 1 rings (SSSR count). The molecule has 0 radical (unpaired) electrons. The summed E-state index contributed by atoms with van der Waals surface area (Å²) in [6.45, 7) is 0.335. The smallest absolute Gasteiger partial charge is 0.244 e. The van der Waals surface area contributed by atoms with Crippen molar-refractivity contribution in [2.24, 2.45) is 0 Å². The molecule has 0 saturated heterocycles. The number of alkyl halides is 1. The van der Waals surface area contributed by atoms with E-state index in [2.05, 4.69) is 20.9 Å². The summed E-state index contributed by atoms with van der Waals surface area (Å²) in [6.07, 6.45) is 1.39. The van der Waals surface area contributed by atoms with Crippen LogP contribution >= 0.6 is 15.9 Å². The zero-order valence-corrected chi connectivity index (χ0v) is 11.0. The van der Waals surface area contributed by atoms with E-state index in [0.29, 0.717) is 11.9 Å².